The molecule has 0 unspecified atom stereocenters. The molecule has 1 aliphatic rings. The van der Waals surface area contributed by atoms with Gasteiger partial charge in [-0.3, -0.25) is 4.79 Å². The van der Waals surface area contributed by atoms with E-state index in [1.54, 1.807) is 6.07 Å². The van der Waals surface area contributed by atoms with Gasteiger partial charge in [0.15, 0.2) is 0 Å². The Kier molecular flexibility index (Phi) is 4.90. The van der Waals surface area contributed by atoms with Gasteiger partial charge in [-0.15, -0.1) is 0 Å². The van der Waals surface area contributed by atoms with E-state index in [9.17, 15) is 9.18 Å². The van der Waals surface area contributed by atoms with Crippen molar-refractivity contribution >= 4 is 21.8 Å². The number of nitrogens with one attached hydrogen (secondary N) is 1. The molecule has 5 heteroatoms. The lowest BCUT2D eigenvalue weighted by atomic mass is 9.64. The number of amides is 1. The summed E-state index contributed by atoms with van der Waals surface area (Å²) in [6, 6.07) is 12.4. The first kappa shape index (κ1) is 17.0. The molecule has 2 aromatic carbocycles. The zero-order valence-corrected chi connectivity index (χ0v) is 15.0. The van der Waals surface area contributed by atoms with Crippen molar-refractivity contribution in [2.24, 2.45) is 0 Å². The summed E-state index contributed by atoms with van der Waals surface area (Å²) in [5.74, 6) is -0.568. The van der Waals surface area contributed by atoms with Gasteiger partial charge in [-0.05, 0) is 42.7 Å². The quantitative estimate of drug-likeness (QED) is 0.817. The molecule has 126 valence electrons. The number of benzene rings is 2. The highest BCUT2D eigenvalue weighted by Crippen LogP contribution is 2.43. The molecule has 2 aromatic rings. The molecular weight excluding hydrogens is 373 g/mol. The van der Waals surface area contributed by atoms with Crippen molar-refractivity contribution in [1.82, 2.24) is 5.32 Å². The molecule has 1 amide bonds. The maximum atomic E-state index is 14.0. The summed E-state index contributed by atoms with van der Waals surface area (Å²) in [5.41, 5.74) is 1.20. The molecule has 1 N–H and O–H groups in total. The molecule has 1 saturated carbocycles. The molecule has 3 nitrogen and oxygen atoms in total. The second kappa shape index (κ2) is 6.93. The number of methoxy groups -OCH3 is 1. The number of hydrogen-bond donors (Lipinski definition) is 1. The number of rotatable bonds is 5. The van der Waals surface area contributed by atoms with Gasteiger partial charge in [0.05, 0.1) is 12.7 Å². The Morgan fingerprint density at radius 1 is 1.29 bits per heavy atom. The standard InChI is InChI=1S/C19H19BrFNO2/c1-24-15-6-7-16(17(21)11-15)18(23)22-12-19(8-3-9-19)13-4-2-5-14(20)10-13/h2,4-7,10-11H,3,8-9,12H2,1H3,(H,22,23). The normalized spacial score (nSPS) is 15.5. The van der Waals surface area contributed by atoms with E-state index in [1.807, 2.05) is 12.1 Å². The van der Waals surface area contributed by atoms with E-state index in [0.29, 0.717) is 12.3 Å². The maximum absolute atomic E-state index is 14.0. The average molecular weight is 392 g/mol. The summed E-state index contributed by atoms with van der Waals surface area (Å²) in [6.07, 6.45) is 3.18. The van der Waals surface area contributed by atoms with Gasteiger partial charge >= 0.3 is 0 Å². The lowest BCUT2D eigenvalue weighted by Crippen LogP contribution is -2.45. The highest BCUT2D eigenvalue weighted by molar-refractivity contribution is 9.10. The fourth-order valence-electron chi connectivity index (χ4n) is 3.14. The van der Waals surface area contributed by atoms with E-state index in [0.717, 1.165) is 23.7 Å². The lowest BCUT2D eigenvalue weighted by Gasteiger charge is -2.42. The highest BCUT2D eigenvalue weighted by atomic mass is 79.9. The van der Waals surface area contributed by atoms with Crippen LogP contribution in [0.4, 0.5) is 4.39 Å². The van der Waals surface area contributed by atoms with Crippen molar-refractivity contribution in [3.63, 3.8) is 0 Å². The third kappa shape index (κ3) is 3.31. The Hall–Kier alpha value is -1.88. The van der Waals surface area contributed by atoms with Crippen LogP contribution in [0.25, 0.3) is 0 Å². The Morgan fingerprint density at radius 3 is 2.67 bits per heavy atom. The summed E-state index contributed by atoms with van der Waals surface area (Å²) >= 11 is 3.50. The summed E-state index contributed by atoms with van der Waals surface area (Å²) < 4.78 is 20.0. The topological polar surface area (TPSA) is 38.3 Å². The van der Waals surface area contributed by atoms with Crippen molar-refractivity contribution in [2.75, 3.05) is 13.7 Å². The molecule has 0 aromatic heterocycles. The molecule has 0 saturated heterocycles. The maximum Gasteiger partial charge on any atom is 0.254 e. The van der Waals surface area contributed by atoms with Crippen LogP contribution in [0.3, 0.4) is 0 Å². The zero-order valence-electron chi connectivity index (χ0n) is 13.4. The van der Waals surface area contributed by atoms with E-state index in [1.165, 1.54) is 24.8 Å². The van der Waals surface area contributed by atoms with Crippen LogP contribution in [0.5, 0.6) is 5.75 Å². The first-order valence-corrected chi connectivity index (χ1v) is 8.71. The molecule has 0 atom stereocenters. The molecule has 0 spiro atoms. The van der Waals surface area contributed by atoms with Crippen LogP contribution < -0.4 is 10.1 Å². The van der Waals surface area contributed by atoms with Crippen LogP contribution in [0.1, 0.15) is 35.2 Å². The Morgan fingerprint density at radius 2 is 2.08 bits per heavy atom. The SMILES string of the molecule is COc1ccc(C(=O)NCC2(c3cccc(Br)c3)CCC2)c(F)c1. The van der Waals surface area contributed by atoms with Gasteiger partial charge < -0.3 is 10.1 Å². The monoisotopic (exact) mass is 391 g/mol. The highest BCUT2D eigenvalue weighted by Gasteiger charge is 2.39. The minimum Gasteiger partial charge on any atom is -0.497 e. The van der Waals surface area contributed by atoms with Gasteiger partial charge in [0.2, 0.25) is 0 Å². The Balaban J connectivity index is 1.73. The van der Waals surface area contributed by atoms with Crippen molar-refractivity contribution < 1.29 is 13.9 Å². The van der Waals surface area contributed by atoms with Gasteiger partial charge in [0.1, 0.15) is 11.6 Å². The fraction of sp³-hybridized carbons (Fsp3) is 0.316. The van der Waals surface area contributed by atoms with Crippen LogP contribution in [0, 0.1) is 5.82 Å². The fourth-order valence-corrected chi connectivity index (χ4v) is 3.54. The molecular formula is C19H19BrFNO2. The Bertz CT molecular complexity index is 759. The second-order valence-electron chi connectivity index (χ2n) is 6.17. The van der Waals surface area contributed by atoms with Crippen LogP contribution >= 0.6 is 15.9 Å². The third-order valence-corrected chi connectivity index (χ3v) is 5.25. The third-order valence-electron chi connectivity index (χ3n) is 4.76. The molecule has 0 aliphatic heterocycles. The van der Waals surface area contributed by atoms with Gasteiger partial charge in [-0.25, -0.2) is 4.39 Å². The van der Waals surface area contributed by atoms with Crippen LogP contribution in [0.2, 0.25) is 0 Å². The Labute approximate surface area is 149 Å². The number of hydrogen-bond acceptors (Lipinski definition) is 2. The molecule has 0 radical (unpaired) electrons. The van der Waals surface area contributed by atoms with Crippen molar-refractivity contribution in [2.45, 2.75) is 24.7 Å². The summed E-state index contributed by atoms with van der Waals surface area (Å²) in [5, 5.41) is 2.90. The van der Waals surface area contributed by atoms with E-state index in [-0.39, 0.29) is 11.0 Å². The summed E-state index contributed by atoms with van der Waals surface area (Å²) in [4.78, 5) is 12.3. The smallest absolute Gasteiger partial charge is 0.254 e. The lowest BCUT2D eigenvalue weighted by molar-refractivity contribution is 0.0923. The predicted molar refractivity (Wildman–Crippen MR) is 95.0 cm³/mol. The van der Waals surface area contributed by atoms with Crippen molar-refractivity contribution in [3.8, 4) is 5.75 Å². The minimum atomic E-state index is -0.572. The number of carbonyl (C=O) groups is 1. The van der Waals surface area contributed by atoms with Gasteiger partial charge in [-0.1, -0.05) is 34.5 Å². The molecule has 0 bridgehead atoms. The van der Waals surface area contributed by atoms with Crippen LogP contribution in [-0.4, -0.2) is 19.6 Å². The van der Waals surface area contributed by atoms with E-state index in [2.05, 4.69) is 33.4 Å². The number of ether oxygens (including phenoxy) is 1. The first-order chi connectivity index (χ1) is 11.5. The van der Waals surface area contributed by atoms with E-state index in [4.69, 9.17) is 4.74 Å². The molecule has 0 heterocycles. The average Bonchev–Trinajstić information content (AvgIpc) is 2.53. The number of halogens is 2. The molecule has 3 rings (SSSR count). The van der Waals surface area contributed by atoms with Crippen LogP contribution in [-0.2, 0) is 5.41 Å². The van der Waals surface area contributed by atoms with E-state index < -0.39 is 11.7 Å². The first-order valence-electron chi connectivity index (χ1n) is 7.92. The van der Waals surface area contributed by atoms with Gasteiger partial charge in [-0.2, -0.15) is 0 Å². The zero-order chi connectivity index (χ0) is 17.2. The van der Waals surface area contributed by atoms with Gasteiger partial charge in [0.25, 0.3) is 5.91 Å². The number of carbonyl (C=O) groups excluding carboxylic acids is 1. The largest absolute Gasteiger partial charge is 0.497 e. The minimum absolute atomic E-state index is 0.0412. The van der Waals surface area contributed by atoms with E-state index >= 15 is 0 Å². The van der Waals surface area contributed by atoms with Crippen LogP contribution in [0.15, 0.2) is 46.9 Å². The van der Waals surface area contributed by atoms with Crippen molar-refractivity contribution in [3.05, 3.63) is 63.9 Å². The molecule has 1 aliphatic carbocycles. The second-order valence-corrected chi connectivity index (χ2v) is 7.09. The molecule has 24 heavy (non-hydrogen) atoms. The molecule has 1 fully saturated rings. The van der Waals surface area contributed by atoms with Crippen molar-refractivity contribution in [1.29, 1.82) is 0 Å². The van der Waals surface area contributed by atoms with Gasteiger partial charge in [0, 0.05) is 22.5 Å². The summed E-state index contributed by atoms with van der Waals surface area (Å²) in [6.45, 7) is 0.508. The predicted octanol–water partition coefficient (Wildman–Crippen LogP) is 4.45. The summed E-state index contributed by atoms with van der Waals surface area (Å²) in [7, 11) is 1.47.